The molecule has 1 aromatic rings. The fourth-order valence-electron chi connectivity index (χ4n) is 2.70. The molecule has 2 amide bonds. The highest BCUT2D eigenvalue weighted by Gasteiger charge is 2.19. The minimum absolute atomic E-state index is 0.112. The van der Waals surface area contributed by atoms with E-state index in [1.807, 2.05) is 23.1 Å². The number of hydrogen-bond acceptors (Lipinski definition) is 5. The third-order valence-corrected chi connectivity index (χ3v) is 4.03. The quantitative estimate of drug-likeness (QED) is 0.803. The smallest absolute Gasteiger partial charge is 0.224 e. The van der Waals surface area contributed by atoms with Gasteiger partial charge < -0.3 is 24.6 Å². The van der Waals surface area contributed by atoms with Crippen LogP contribution < -0.4 is 14.8 Å². The van der Waals surface area contributed by atoms with Crippen molar-refractivity contribution in [2.75, 3.05) is 51.3 Å². The van der Waals surface area contributed by atoms with Gasteiger partial charge in [-0.15, -0.1) is 0 Å². The first-order valence-corrected chi connectivity index (χ1v) is 7.87. The lowest BCUT2D eigenvalue weighted by Gasteiger charge is -2.32. The van der Waals surface area contributed by atoms with Gasteiger partial charge in [-0.1, -0.05) is 0 Å². The fraction of sp³-hybridized carbons (Fsp3) is 0.500. The van der Waals surface area contributed by atoms with Gasteiger partial charge in [-0.2, -0.15) is 0 Å². The molecule has 0 spiro atoms. The third-order valence-electron chi connectivity index (χ3n) is 4.03. The minimum Gasteiger partial charge on any atom is -0.486 e. The molecule has 7 heteroatoms. The second kappa shape index (κ2) is 7.21. The number of carbonyl (C=O) groups is 2. The average molecular weight is 319 g/mol. The van der Waals surface area contributed by atoms with Crippen molar-refractivity contribution in [3.8, 4) is 11.5 Å². The molecule has 1 aromatic carbocycles. The number of piperazine rings is 1. The number of nitrogens with one attached hydrogen (secondary N) is 1. The zero-order valence-corrected chi connectivity index (χ0v) is 13.0. The summed E-state index contributed by atoms with van der Waals surface area (Å²) < 4.78 is 11.0. The minimum atomic E-state index is 0.112. The molecule has 124 valence electrons. The van der Waals surface area contributed by atoms with Crippen LogP contribution in [0.25, 0.3) is 0 Å². The van der Waals surface area contributed by atoms with Crippen LogP contribution in [-0.4, -0.2) is 68.1 Å². The standard InChI is InChI=1S/C16H21N3O4/c20-12-18-5-7-19(8-6-18)16(21)3-4-17-13-1-2-14-15(11-13)23-10-9-22-14/h1-2,11-12,17H,3-10H2. The molecule has 2 aliphatic rings. The topological polar surface area (TPSA) is 71.1 Å². The number of anilines is 1. The Balaban J connectivity index is 1.44. The normalized spacial score (nSPS) is 16.9. The zero-order valence-electron chi connectivity index (χ0n) is 13.0. The monoisotopic (exact) mass is 319 g/mol. The van der Waals surface area contributed by atoms with Crippen LogP contribution in [0, 0.1) is 0 Å². The second-order valence-corrected chi connectivity index (χ2v) is 5.56. The molecule has 2 heterocycles. The highest BCUT2D eigenvalue weighted by Crippen LogP contribution is 2.32. The van der Waals surface area contributed by atoms with Crippen molar-refractivity contribution < 1.29 is 19.1 Å². The molecule has 1 fully saturated rings. The molecule has 0 unspecified atom stereocenters. The number of hydrogen-bond donors (Lipinski definition) is 1. The van der Waals surface area contributed by atoms with Gasteiger partial charge in [0.2, 0.25) is 12.3 Å². The SMILES string of the molecule is O=CN1CCN(C(=O)CCNc2ccc3c(c2)OCCO3)CC1. The molecule has 0 aliphatic carbocycles. The fourth-order valence-corrected chi connectivity index (χ4v) is 2.70. The zero-order chi connectivity index (χ0) is 16.1. The summed E-state index contributed by atoms with van der Waals surface area (Å²) in [7, 11) is 0. The number of carbonyl (C=O) groups excluding carboxylic acids is 2. The van der Waals surface area contributed by atoms with Gasteiger partial charge in [0.25, 0.3) is 0 Å². The van der Waals surface area contributed by atoms with Crippen LogP contribution in [-0.2, 0) is 9.59 Å². The van der Waals surface area contributed by atoms with Gasteiger partial charge in [-0.3, -0.25) is 9.59 Å². The van der Waals surface area contributed by atoms with E-state index < -0.39 is 0 Å². The summed E-state index contributed by atoms with van der Waals surface area (Å²) >= 11 is 0. The Kier molecular flexibility index (Phi) is 4.85. The molecule has 1 N–H and O–H groups in total. The maximum absolute atomic E-state index is 12.2. The molecule has 7 nitrogen and oxygen atoms in total. The van der Waals surface area contributed by atoms with E-state index in [9.17, 15) is 9.59 Å². The third kappa shape index (κ3) is 3.85. The highest BCUT2D eigenvalue weighted by molar-refractivity contribution is 5.77. The van der Waals surface area contributed by atoms with E-state index in [0.717, 1.165) is 23.6 Å². The van der Waals surface area contributed by atoms with E-state index in [1.165, 1.54) is 0 Å². The first kappa shape index (κ1) is 15.5. The summed E-state index contributed by atoms with van der Waals surface area (Å²) in [6, 6.07) is 5.68. The van der Waals surface area contributed by atoms with Crippen molar-refractivity contribution >= 4 is 18.0 Å². The van der Waals surface area contributed by atoms with Gasteiger partial charge in [0.05, 0.1) is 0 Å². The molecular weight excluding hydrogens is 298 g/mol. The Hall–Kier alpha value is -2.44. The largest absolute Gasteiger partial charge is 0.486 e. The lowest BCUT2D eigenvalue weighted by molar-refractivity contribution is -0.134. The number of nitrogens with zero attached hydrogens (tertiary/aromatic N) is 2. The molecule has 1 saturated heterocycles. The lowest BCUT2D eigenvalue weighted by Crippen LogP contribution is -2.48. The summed E-state index contributed by atoms with van der Waals surface area (Å²) in [6.07, 6.45) is 1.26. The van der Waals surface area contributed by atoms with Gasteiger partial charge in [-0.25, -0.2) is 0 Å². The summed E-state index contributed by atoms with van der Waals surface area (Å²) in [5.41, 5.74) is 0.910. The Morgan fingerprint density at radius 1 is 1.13 bits per heavy atom. The first-order valence-electron chi connectivity index (χ1n) is 7.87. The molecule has 0 aromatic heterocycles. The summed E-state index contributed by atoms with van der Waals surface area (Å²) in [5, 5.41) is 3.24. The van der Waals surface area contributed by atoms with Crippen LogP contribution in [0.3, 0.4) is 0 Å². The molecule has 2 aliphatic heterocycles. The lowest BCUT2D eigenvalue weighted by atomic mass is 10.2. The van der Waals surface area contributed by atoms with Gasteiger partial charge in [0.15, 0.2) is 11.5 Å². The predicted octanol–water partition coefficient (Wildman–Crippen LogP) is 0.560. The molecule has 0 saturated carbocycles. The van der Waals surface area contributed by atoms with Gasteiger partial charge >= 0.3 is 0 Å². The molecule has 0 bridgehead atoms. The van der Waals surface area contributed by atoms with Crippen molar-refractivity contribution in [3.63, 3.8) is 0 Å². The Bertz CT molecular complexity index is 570. The number of fused-ring (bicyclic) bond motifs is 1. The number of ether oxygens (including phenoxy) is 2. The summed E-state index contributed by atoms with van der Waals surface area (Å²) in [5.74, 6) is 1.60. The summed E-state index contributed by atoms with van der Waals surface area (Å²) in [4.78, 5) is 26.3. The Labute approximate surface area is 135 Å². The van der Waals surface area contributed by atoms with Crippen LogP contribution in [0.2, 0.25) is 0 Å². The second-order valence-electron chi connectivity index (χ2n) is 5.56. The molecule has 23 heavy (non-hydrogen) atoms. The van der Waals surface area contributed by atoms with Crippen LogP contribution in [0.1, 0.15) is 6.42 Å². The van der Waals surface area contributed by atoms with E-state index in [4.69, 9.17) is 9.47 Å². The Morgan fingerprint density at radius 3 is 2.61 bits per heavy atom. The van der Waals surface area contributed by atoms with E-state index in [0.29, 0.717) is 52.4 Å². The average Bonchev–Trinajstić information content (AvgIpc) is 2.61. The van der Waals surface area contributed by atoms with E-state index in [2.05, 4.69) is 5.32 Å². The Morgan fingerprint density at radius 2 is 1.87 bits per heavy atom. The van der Waals surface area contributed by atoms with Crippen molar-refractivity contribution in [1.29, 1.82) is 0 Å². The van der Waals surface area contributed by atoms with Crippen LogP contribution in [0.5, 0.6) is 11.5 Å². The number of amides is 2. The number of rotatable bonds is 5. The summed E-state index contributed by atoms with van der Waals surface area (Å²) in [6.45, 7) is 4.15. The maximum Gasteiger partial charge on any atom is 0.224 e. The van der Waals surface area contributed by atoms with Crippen LogP contribution >= 0.6 is 0 Å². The number of benzene rings is 1. The first-order chi connectivity index (χ1) is 11.3. The molecule has 0 atom stereocenters. The van der Waals surface area contributed by atoms with Crippen molar-refractivity contribution in [3.05, 3.63) is 18.2 Å². The molecular formula is C16H21N3O4. The maximum atomic E-state index is 12.2. The van der Waals surface area contributed by atoms with Crippen LogP contribution in [0.15, 0.2) is 18.2 Å². The van der Waals surface area contributed by atoms with Gasteiger partial charge in [0.1, 0.15) is 13.2 Å². The van der Waals surface area contributed by atoms with Crippen molar-refractivity contribution in [2.45, 2.75) is 6.42 Å². The van der Waals surface area contributed by atoms with Gasteiger partial charge in [-0.05, 0) is 12.1 Å². The highest BCUT2D eigenvalue weighted by atomic mass is 16.6. The van der Waals surface area contributed by atoms with E-state index in [-0.39, 0.29) is 5.91 Å². The molecule has 3 rings (SSSR count). The van der Waals surface area contributed by atoms with E-state index in [1.54, 1.807) is 4.90 Å². The predicted molar refractivity (Wildman–Crippen MR) is 84.8 cm³/mol. The van der Waals surface area contributed by atoms with E-state index >= 15 is 0 Å². The van der Waals surface area contributed by atoms with Crippen molar-refractivity contribution in [2.24, 2.45) is 0 Å². The molecule has 0 radical (unpaired) electrons. The van der Waals surface area contributed by atoms with Crippen molar-refractivity contribution in [1.82, 2.24) is 9.80 Å². The van der Waals surface area contributed by atoms with Crippen LogP contribution in [0.4, 0.5) is 5.69 Å². The van der Waals surface area contributed by atoms with Gasteiger partial charge in [0, 0.05) is 50.9 Å².